The maximum absolute atomic E-state index is 13.1. The Labute approximate surface area is 202 Å². The van der Waals surface area contributed by atoms with E-state index < -0.39 is 6.10 Å². The summed E-state index contributed by atoms with van der Waals surface area (Å²) in [5.74, 6) is -0.0734. The van der Waals surface area contributed by atoms with Crippen LogP contribution in [0.15, 0.2) is 28.7 Å². The van der Waals surface area contributed by atoms with Gasteiger partial charge in [0.05, 0.1) is 22.9 Å². The van der Waals surface area contributed by atoms with Crippen molar-refractivity contribution < 1.29 is 15.0 Å². The molecule has 0 spiro atoms. The summed E-state index contributed by atoms with van der Waals surface area (Å²) in [6, 6.07) is 5.84. The number of nitrogens with zero attached hydrogens (tertiary/aromatic N) is 1. The molecule has 3 aromatic rings. The van der Waals surface area contributed by atoms with Crippen LogP contribution in [0.2, 0.25) is 0 Å². The summed E-state index contributed by atoms with van der Waals surface area (Å²) >= 11 is 3.52. The summed E-state index contributed by atoms with van der Waals surface area (Å²) in [4.78, 5) is 21.7. The molecule has 176 valence electrons. The Morgan fingerprint density at radius 1 is 1.27 bits per heavy atom. The zero-order valence-electron chi connectivity index (χ0n) is 19.3. The van der Waals surface area contributed by atoms with E-state index in [1.165, 1.54) is 0 Å². The number of halogens is 1. The first-order chi connectivity index (χ1) is 15.8. The van der Waals surface area contributed by atoms with Gasteiger partial charge >= 0.3 is 0 Å². The topological polar surface area (TPSA) is 104 Å². The van der Waals surface area contributed by atoms with Crippen molar-refractivity contribution in [1.82, 2.24) is 20.2 Å². The molecule has 1 unspecified atom stereocenters. The Hall–Kier alpha value is -2.55. The molecule has 0 saturated heterocycles. The minimum Gasteiger partial charge on any atom is -0.494 e. The predicted octanol–water partition coefficient (Wildman–Crippen LogP) is 4.08. The molecule has 2 aromatic heterocycles. The van der Waals surface area contributed by atoms with Crippen molar-refractivity contribution in [2.24, 2.45) is 0 Å². The third kappa shape index (κ3) is 4.60. The van der Waals surface area contributed by atoms with Gasteiger partial charge in [0.25, 0.3) is 5.91 Å². The van der Waals surface area contributed by atoms with Crippen LogP contribution in [0, 0.1) is 6.92 Å². The molecule has 8 heteroatoms. The number of fused-ring (bicyclic) bond motifs is 2. The van der Waals surface area contributed by atoms with Crippen molar-refractivity contribution in [3.8, 4) is 5.88 Å². The number of hydrogen-bond donors (Lipinski definition) is 5. The Bertz CT molecular complexity index is 1210. The lowest BCUT2D eigenvalue weighted by Gasteiger charge is -2.22. The van der Waals surface area contributed by atoms with Crippen LogP contribution in [-0.4, -0.2) is 63.3 Å². The number of rotatable bonds is 8. The monoisotopic (exact) mass is 514 g/mol. The largest absolute Gasteiger partial charge is 0.494 e. The van der Waals surface area contributed by atoms with Crippen molar-refractivity contribution in [3.63, 3.8) is 0 Å². The molecule has 1 aromatic carbocycles. The average molecular weight is 515 g/mol. The molecule has 5 N–H and O–H groups in total. The van der Waals surface area contributed by atoms with E-state index in [4.69, 9.17) is 0 Å². The Kier molecular flexibility index (Phi) is 6.97. The van der Waals surface area contributed by atoms with Crippen LogP contribution in [0.1, 0.15) is 53.1 Å². The van der Waals surface area contributed by atoms with Crippen LogP contribution in [-0.2, 0) is 6.42 Å². The number of aromatic nitrogens is 2. The number of aliphatic hydroxyl groups is 1. The van der Waals surface area contributed by atoms with E-state index in [9.17, 15) is 15.0 Å². The Morgan fingerprint density at radius 2 is 2.03 bits per heavy atom. The van der Waals surface area contributed by atoms with E-state index in [2.05, 4.69) is 56.0 Å². The van der Waals surface area contributed by atoms with Gasteiger partial charge in [0, 0.05) is 39.7 Å². The molecule has 7 nitrogen and oxygen atoms in total. The summed E-state index contributed by atoms with van der Waals surface area (Å²) in [5, 5.41) is 24.9. The maximum atomic E-state index is 13.1. The van der Waals surface area contributed by atoms with Crippen LogP contribution < -0.4 is 5.32 Å². The summed E-state index contributed by atoms with van der Waals surface area (Å²) < 4.78 is 0.929. The molecular formula is C25H31BrN4O3. The molecular weight excluding hydrogens is 484 g/mol. The van der Waals surface area contributed by atoms with Gasteiger partial charge in [-0.1, -0.05) is 35.9 Å². The van der Waals surface area contributed by atoms with Crippen LogP contribution >= 0.6 is 15.9 Å². The number of H-pyrrole nitrogens is 2. The van der Waals surface area contributed by atoms with Gasteiger partial charge < -0.3 is 30.4 Å². The minimum absolute atomic E-state index is 0.111. The zero-order chi connectivity index (χ0) is 23.7. The summed E-state index contributed by atoms with van der Waals surface area (Å²) in [5.41, 5.74) is 5.70. The lowest BCUT2D eigenvalue weighted by atomic mass is 9.89. The fraction of sp³-hybridized carbons (Fsp3) is 0.400. The SMILES string of the molecule is CCN(CC)CC(O)CNC(=O)c1c(C)[nH]c2c1CCC=C2c1c(O)[nH]c2ccc(Br)cc12. The van der Waals surface area contributed by atoms with E-state index >= 15 is 0 Å². The first-order valence-corrected chi connectivity index (χ1v) is 12.2. The maximum Gasteiger partial charge on any atom is 0.253 e. The van der Waals surface area contributed by atoms with Crippen molar-refractivity contribution in [3.05, 3.63) is 56.8 Å². The van der Waals surface area contributed by atoms with Gasteiger partial charge in [-0.25, -0.2) is 0 Å². The molecule has 2 heterocycles. The van der Waals surface area contributed by atoms with Gasteiger partial charge in [-0.05, 0) is 56.6 Å². The molecule has 1 aliphatic carbocycles. The van der Waals surface area contributed by atoms with Gasteiger partial charge in [-0.3, -0.25) is 4.79 Å². The van der Waals surface area contributed by atoms with Gasteiger partial charge in [0.1, 0.15) is 0 Å². The normalized spacial score (nSPS) is 14.4. The van der Waals surface area contributed by atoms with Crippen LogP contribution in [0.3, 0.4) is 0 Å². The number of benzene rings is 1. The summed E-state index contributed by atoms with van der Waals surface area (Å²) in [7, 11) is 0. The first kappa shape index (κ1) is 23.6. The Balaban J connectivity index is 1.61. The highest BCUT2D eigenvalue weighted by molar-refractivity contribution is 9.10. The summed E-state index contributed by atoms with van der Waals surface area (Å²) in [6.07, 6.45) is 2.99. The second-order valence-electron chi connectivity index (χ2n) is 8.52. The van der Waals surface area contributed by atoms with Crippen LogP contribution in [0.4, 0.5) is 0 Å². The average Bonchev–Trinajstić information content (AvgIpc) is 3.30. The van der Waals surface area contributed by atoms with Gasteiger partial charge in [-0.15, -0.1) is 0 Å². The highest BCUT2D eigenvalue weighted by atomic mass is 79.9. The Morgan fingerprint density at radius 3 is 2.76 bits per heavy atom. The molecule has 4 rings (SSSR count). The molecule has 0 aliphatic heterocycles. The number of carbonyl (C=O) groups excluding carboxylic acids is 1. The van der Waals surface area contributed by atoms with E-state index in [0.29, 0.717) is 12.1 Å². The highest BCUT2D eigenvalue weighted by Crippen LogP contribution is 2.41. The fourth-order valence-corrected chi connectivity index (χ4v) is 5.08. The number of amides is 1. The smallest absolute Gasteiger partial charge is 0.253 e. The fourth-order valence-electron chi connectivity index (χ4n) is 4.72. The molecule has 0 bridgehead atoms. The number of aromatic amines is 2. The second kappa shape index (κ2) is 9.75. The molecule has 1 atom stereocenters. The molecule has 0 saturated carbocycles. The minimum atomic E-state index is -0.624. The third-order valence-electron chi connectivity index (χ3n) is 6.40. The number of aromatic hydroxyl groups is 1. The first-order valence-electron chi connectivity index (χ1n) is 11.4. The highest BCUT2D eigenvalue weighted by Gasteiger charge is 2.28. The van der Waals surface area contributed by atoms with E-state index in [1.807, 2.05) is 25.1 Å². The standard InChI is InChI=1S/C25H31BrN4O3/c1-4-30(5-2)13-16(31)12-27-24(32)21-14(3)28-23-17(21)7-6-8-18(23)22-19-11-15(26)9-10-20(19)29-25(22)33/h8-11,16,28-29,31,33H,4-7,12-13H2,1-3H3,(H,27,32). The lowest BCUT2D eigenvalue weighted by Crippen LogP contribution is -2.40. The zero-order valence-corrected chi connectivity index (χ0v) is 20.8. The van der Waals surface area contributed by atoms with Gasteiger partial charge in [-0.2, -0.15) is 0 Å². The van der Waals surface area contributed by atoms with Gasteiger partial charge in [0.15, 0.2) is 5.88 Å². The molecule has 0 radical (unpaired) electrons. The van der Waals surface area contributed by atoms with Crippen molar-refractivity contribution in [1.29, 1.82) is 0 Å². The molecule has 33 heavy (non-hydrogen) atoms. The van der Waals surface area contributed by atoms with E-state index in [1.54, 1.807) is 0 Å². The number of likely N-dealkylation sites (N-methyl/N-ethyl adjacent to an activating group) is 1. The van der Waals surface area contributed by atoms with Crippen LogP contribution in [0.25, 0.3) is 16.5 Å². The summed E-state index contributed by atoms with van der Waals surface area (Å²) in [6.45, 7) is 8.45. The lowest BCUT2D eigenvalue weighted by molar-refractivity contribution is 0.0868. The van der Waals surface area contributed by atoms with Crippen molar-refractivity contribution in [2.45, 2.75) is 39.7 Å². The molecule has 0 fully saturated rings. The van der Waals surface area contributed by atoms with Crippen LogP contribution in [0.5, 0.6) is 5.88 Å². The third-order valence-corrected chi connectivity index (χ3v) is 6.90. The van der Waals surface area contributed by atoms with Gasteiger partial charge in [0.2, 0.25) is 0 Å². The number of aliphatic hydroxyl groups excluding tert-OH is 1. The number of aryl methyl sites for hydroxylation is 1. The van der Waals surface area contributed by atoms with Crippen molar-refractivity contribution >= 4 is 38.3 Å². The number of hydrogen-bond acceptors (Lipinski definition) is 4. The molecule has 1 amide bonds. The number of carbonyl (C=O) groups is 1. The van der Waals surface area contributed by atoms with E-state index in [-0.39, 0.29) is 18.3 Å². The second-order valence-corrected chi connectivity index (χ2v) is 9.44. The van der Waals surface area contributed by atoms with E-state index in [0.717, 1.165) is 69.4 Å². The van der Waals surface area contributed by atoms with Crippen molar-refractivity contribution in [2.75, 3.05) is 26.2 Å². The number of nitrogens with one attached hydrogen (secondary N) is 3. The quantitative estimate of drug-likeness (QED) is 0.312. The number of allylic oxidation sites excluding steroid dienone is 1. The molecule has 1 aliphatic rings. The predicted molar refractivity (Wildman–Crippen MR) is 135 cm³/mol.